The molecule has 9 nitrogen and oxygen atoms in total. The first-order valence-corrected chi connectivity index (χ1v) is 9.61. The van der Waals surface area contributed by atoms with Crippen LogP contribution in [0, 0.1) is 0 Å². The lowest BCUT2D eigenvalue weighted by Gasteiger charge is -2.05. The minimum Gasteiger partial charge on any atom is -0.337 e. The molecule has 0 aliphatic rings. The average molecular weight is 409 g/mol. The van der Waals surface area contributed by atoms with Gasteiger partial charge >= 0.3 is 5.69 Å². The average Bonchev–Trinajstić information content (AvgIpc) is 3.47. The molecule has 9 heteroatoms. The molecule has 0 saturated carbocycles. The number of nitrogens with one attached hydrogen (secondary N) is 5. The summed E-state index contributed by atoms with van der Waals surface area (Å²) in [6, 6.07) is 18.3. The van der Waals surface area contributed by atoms with Gasteiger partial charge in [-0.3, -0.25) is 9.89 Å². The first kappa shape index (κ1) is 17.2. The third-order valence-electron chi connectivity index (χ3n) is 5.21. The Kier molecular flexibility index (Phi) is 3.57. The summed E-state index contributed by atoms with van der Waals surface area (Å²) in [6.45, 7) is 0. The number of nitrogens with zero attached hydrogens (tertiary/aromatic N) is 2. The summed E-state index contributed by atoms with van der Waals surface area (Å²) >= 11 is 0. The summed E-state index contributed by atoms with van der Waals surface area (Å²) in [5, 5.41) is 11.1. The van der Waals surface area contributed by atoms with Gasteiger partial charge in [0.1, 0.15) is 5.69 Å². The van der Waals surface area contributed by atoms with E-state index in [0.717, 1.165) is 21.9 Å². The summed E-state index contributed by atoms with van der Waals surface area (Å²) in [5.74, 6) is 0.400. The first-order valence-electron chi connectivity index (χ1n) is 9.61. The van der Waals surface area contributed by atoms with E-state index in [9.17, 15) is 9.59 Å². The van der Waals surface area contributed by atoms with E-state index in [-0.39, 0.29) is 11.6 Å². The molecule has 0 atom stereocenters. The van der Waals surface area contributed by atoms with Crippen molar-refractivity contribution in [1.29, 1.82) is 0 Å². The fourth-order valence-corrected chi connectivity index (χ4v) is 3.72. The molecule has 0 spiro atoms. The Balaban J connectivity index is 1.32. The summed E-state index contributed by atoms with van der Waals surface area (Å²) in [7, 11) is 0. The fourth-order valence-electron chi connectivity index (χ4n) is 3.72. The van der Waals surface area contributed by atoms with Crippen molar-refractivity contribution < 1.29 is 4.79 Å². The van der Waals surface area contributed by atoms with Gasteiger partial charge in [0, 0.05) is 16.6 Å². The van der Waals surface area contributed by atoms with E-state index in [0.29, 0.717) is 33.8 Å². The van der Waals surface area contributed by atoms with E-state index in [1.54, 1.807) is 30.3 Å². The first-order chi connectivity index (χ1) is 15.1. The lowest BCUT2D eigenvalue weighted by molar-refractivity contribution is 0.102. The molecule has 0 saturated heterocycles. The Bertz CT molecular complexity index is 1630. The molecule has 3 aromatic carbocycles. The number of aromatic nitrogens is 6. The van der Waals surface area contributed by atoms with Crippen molar-refractivity contribution in [3.63, 3.8) is 0 Å². The van der Waals surface area contributed by atoms with Crippen LogP contribution in [0.2, 0.25) is 0 Å². The van der Waals surface area contributed by atoms with Crippen molar-refractivity contribution in [1.82, 2.24) is 30.1 Å². The number of imidazole rings is 2. The van der Waals surface area contributed by atoms with Gasteiger partial charge in [-0.05, 0) is 48.5 Å². The molecule has 0 radical (unpaired) electrons. The van der Waals surface area contributed by atoms with Crippen LogP contribution in [0.15, 0.2) is 65.5 Å². The molecule has 5 N–H and O–H groups in total. The molecule has 31 heavy (non-hydrogen) atoms. The lowest BCUT2D eigenvalue weighted by Crippen LogP contribution is -2.11. The number of fused-ring (bicyclic) bond motifs is 3. The zero-order valence-corrected chi connectivity index (χ0v) is 16.0. The number of hydrogen-bond donors (Lipinski definition) is 5. The van der Waals surface area contributed by atoms with Crippen LogP contribution < -0.4 is 11.0 Å². The van der Waals surface area contributed by atoms with Crippen LogP contribution in [0.4, 0.5) is 5.69 Å². The van der Waals surface area contributed by atoms with Crippen molar-refractivity contribution in [2.45, 2.75) is 0 Å². The van der Waals surface area contributed by atoms with Crippen LogP contribution in [0.5, 0.6) is 0 Å². The number of H-pyrrole nitrogens is 4. The van der Waals surface area contributed by atoms with Gasteiger partial charge < -0.3 is 20.3 Å². The molecule has 0 aliphatic carbocycles. The quantitative estimate of drug-likeness (QED) is 0.305. The van der Waals surface area contributed by atoms with Crippen molar-refractivity contribution in [2.24, 2.45) is 0 Å². The summed E-state index contributed by atoms with van der Waals surface area (Å²) in [4.78, 5) is 37.4. The number of aromatic amines is 4. The zero-order chi connectivity index (χ0) is 20.9. The van der Waals surface area contributed by atoms with Gasteiger partial charge in [-0.25, -0.2) is 9.78 Å². The minimum absolute atomic E-state index is 0.265. The maximum Gasteiger partial charge on any atom is 0.323 e. The second-order valence-electron chi connectivity index (χ2n) is 7.23. The van der Waals surface area contributed by atoms with Crippen LogP contribution in [0.25, 0.3) is 44.5 Å². The van der Waals surface area contributed by atoms with Crippen LogP contribution in [0.3, 0.4) is 0 Å². The Morgan fingerprint density at radius 1 is 0.839 bits per heavy atom. The molecule has 3 heterocycles. The van der Waals surface area contributed by atoms with Gasteiger partial charge in [0.25, 0.3) is 5.91 Å². The number of carbonyl (C=O) groups is 1. The van der Waals surface area contributed by atoms with Gasteiger partial charge in [0.05, 0.1) is 27.6 Å². The third kappa shape index (κ3) is 2.87. The topological polar surface area (TPSA) is 135 Å². The van der Waals surface area contributed by atoms with Crippen LogP contribution in [-0.4, -0.2) is 36.0 Å². The molecule has 0 unspecified atom stereocenters. The smallest absolute Gasteiger partial charge is 0.323 e. The zero-order valence-electron chi connectivity index (χ0n) is 16.0. The number of hydrogen-bond acceptors (Lipinski definition) is 4. The highest BCUT2D eigenvalue weighted by Crippen LogP contribution is 2.27. The highest BCUT2D eigenvalue weighted by atomic mass is 16.2. The third-order valence-corrected chi connectivity index (χ3v) is 5.21. The summed E-state index contributed by atoms with van der Waals surface area (Å²) in [5.41, 5.74) is 5.31. The van der Waals surface area contributed by atoms with Gasteiger partial charge in [-0.15, -0.1) is 0 Å². The Labute approximate surface area is 173 Å². The van der Waals surface area contributed by atoms with E-state index in [4.69, 9.17) is 0 Å². The van der Waals surface area contributed by atoms with Crippen LogP contribution >= 0.6 is 0 Å². The van der Waals surface area contributed by atoms with E-state index >= 15 is 0 Å². The monoisotopic (exact) mass is 409 g/mol. The SMILES string of the molecule is O=C(Nc1ccc2[nH]c(=O)[nH]c2c1)c1ccc2c(-c3nc4ccccc4[nH]3)n[nH]c2c1. The van der Waals surface area contributed by atoms with E-state index in [2.05, 4.69) is 35.5 Å². The molecule has 0 aliphatic heterocycles. The maximum absolute atomic E-state index is 12.7. The Morgan fingerprint density at radius 3 is 2.61 bits per heavy atom. The lowest BCUT2D eigenvalue weighted by atomic mass is 10.1. The number of rotatable bonds is 3. The Morgan fingerprint density at radius 2 is 1.71 bits per heavy atom. The maximum atomic E-state index is 12.7. The highest BCUT2D eigenvalue weighted by Gasteiger charge is 2.15. The molecule has 6 rings (SSSR count). The second-order valence-corrected chi connectivity index (χ2v) is 7.23. The van der Waals surface area contributed by atoms with Crippen molar-refractivity contribution >= 4 is 44.6 Å². The summed E-state index contributed by atoms with van der Waals surface area (Å²) < 4.78 is 0. The second kappa shape index (κ2) is 6.42. The molecule has 6 aromatic rings. The van der Waals surface area contributed by atoms with Gasteiger partial charge in [-0.2, -0.15) is 5.10 Å². The predicted octanol–water partition coefficient (Wildman–Crippen LogP) is 3.53. The van der Waals surface area contributed by atoms with Crippen molar-refractivity contribution in [3.05, 3.63) is 76.7 Å². The molecular weight excluding hydrogens is 394 g/mol. The van der Waals surface area contributed by atoms with Gasteiger partial charge in [-0.1, -0.05) is 12.1 Å². The van der Waals surface area contributed by atoms with Crippen molar-refractivity contribution in [2.75, 3.05) is 5.32 Å². The number of anilines is 1. The van der Waals surface area contributed by atoms with Gasteiger partial charge in [0.2, 0.25) is 0 Å². The van der Waals surface area contributed by atoms with Crippen LogP contribution in [0.1, 0.15) is 10.4 Å². The number of amides is 1. The number of carbonyl (C=O) groups excluding carboxylic acids is 1. The molecule has 0 bridgehead atoms. The van der Waals surface area contributed by atoms with Gasteiger partial charge in [0.15, 0.2) is 5.82 Å². The number of benzene rings is 3. The molecular formula is C22H15N7O2. The fraction of sp³-hybridized carbons (Fsp3) is 0. The molecule has 3 aromatic heterocycles. The normalized spacial score (nSPS) is 11.5. The summed E-state index contributed by atoms with van der Waals surface area (Å²) in [6.07, 6.45) is 0. The molecule has 1 amide bonds. The van der Waals surface area contributed by atoms with E-state index in [1.165, 1.54) is 0 Å². The number of para-hydroxylation sites is 2. The van der Waals surface area contributed by atoms with E-state index in [1.807, 2.05) is 30.3 Å². The minimum atomic E-state index is -0.288. The Hall–Kier alpha value is -4.66. The standard InChI is InChI=1S/C22H15N7O2/c30-21(23-12-6-8-16-18(10-12)27-22(31)26-16)11-5-7-13-17(9-11)28-29-19(13)20-24-14-3-1-2-4-15(14)25-20/h1-10H,(H,23,30)(H,24,25)(H,28,29)(H2,26,27,31). The predicted molar refractivity (Wildman–Crippen MR) is 118 cm³/mol. The van der Waals surface area contributed by atoms with E-state index < -0.39 is 0 Å². The van der Waals surface area contributed by atoms with Crippen LogP contribution in [-0.2, 0) is 0 Å². The highest BCUT2D eigenvalue weighted by molar-refractivity contribution is 6.07. The molecule has 150 valence electrons. The molecule has 0 fully saturated rings. The largest absolute Gasteiger partial charge is 0.337 e. The van der Waals surface area contributed by atoms with Crippen molar-refractivity contribution in [3.8, 4) is 11.5 Å².